The monoisotopic (exact) mass is 321 g/mol. The highest BCUT2D eigenvalue weighted by molar-refractivity contribution is 8.01. The molecular weight excluding hydrogens is 310 g/mol. The Kier molecular flexibility index (Phi) is 4.02. The molecule has 2 heterocycles. The predicted octanol–water partition coefficient (Wildman–Crippen LogP) is 2.15. The molecule has 2 N–H and O–H groups in total. The molecule has 0 bridgehead atoms. The van der Waals surface area contributed by atoms with E-state index in [1.807, 2.05) is 24.3 Å². The SMILES string of the molecule is COc1n[nH]c(NC(=O)CSc2nc3ccccc3s2)n1. The van der Waals surface area contributed by atoms with Gasteiger partial charge in [0.1, 0.15) is 0 Å². The highest BCUT2D eigenvalue weighted by Gasteiger charge is 2.10. The number of hydrogen-bond acceptors (Lipinski definition) is 7. The van der Waals surface area contributed by atoms with E-state index in [1.54, 1.807) is 11.3 Å². The van der Waals surface area contributed by atoms with Crippen LogP contribution in [0.3, 0.4) is 0 Å². The number of rotatable bonds is 5. The molecule has 2 aromatic heterocycles. The van der Waals surface area contributed by atoms with Gasteiger partial charge in [-0.3, -0.25) is 10.1 Å². The molecule has 0 saturated carbocycles. The van der Waals surface area contributed by atoms with E-state index in [1.165, 1.54) is 18.9 Å². The molecular formula is C12H11N5O2S2. The molecule has 0 spiro atoms. The number of H-pyrrole nitrogens is 1. The molecule has 1 amide bonds. The van der Waals surface area contributed by atoms with Crippen molar-refractivity contribution in [2.24, 2.45) is 0 Å². The summed E-state index contributed by atoms with van der Waals surface area (Å²) in [5, 5.41) is 8.92. The molecule has 9 heteroatoms. The topological polar surface area (TPSA) is 92.8 Å². The van der Waals surface area contributed by atoms with Crippen molar-refractivity contribution in [3.8, 4) is 6.01 Å². The first-order chi connectivity index (χ1) is 10.2. The molecule has 21 heavy (non-hydrogen) atoms. The maximum Gasteiger partial charge on any atom is 0.336 e. The minimum absolute atomic E-state index is 0.182. The molecule has 1 aromatic carbocycles. The van der Waals surface area contributed by atoms with Crippen LogP contribution in [-0.4, -0.2) is 38.9 Å². The molecule has 0 aliphatic heterocycles. The fraction of sp³-hybridized carbons (Fsp3) is 0.167. The number of carbonyl (C=O) groups is 1. The van der Waals surface area contributed by atoms with E-state index in [2.05, 4.69) is 25.5 Å². The first-order valence-electron chi connectivity index (χ1n) is 5.99. The Balaban J connectivity index is 1.57. The Morgan fingerprint density at radius 3 is 3.05 bits per heavy atom. The van der Waals surface area contributed by atoms with Crippen molar-refractivity contribution in [3.63, 3.8) is 0 Å². The number of nitrogens with one attached hydrogen (secondary N) is 2. The summed E-state index contributed by atoms with van der Waals surface area (Å²) in [4.78, 5) is 20.2. The Morgan fingerprint density at radius 2 is 2.29 bits per heavy atom. The van der Waals surface area contributed by atoms with Gasteiger partial charge in [-0.1, -0.05) is 23.9 Å². The van der Waals surface area contributed by atoms with Gasteiger partial charge in [0.2, 0.25) is 11.9 Å². The maximum absolute atomic E-state index is 11.8. The second-order valence-electron chi connectivity index (χ2n) is 3.96. The van der Waals surface area contributed by atoms with Crippen molar-refractivity contribution in [1.82, 2.24) is 20.2 Å². The summed E-state index contributed by atoms with van der Waals surface area (Å²) >= 11 is 2.96. The smallest absolute Gasteiger partial charge is 0.336 e. The van der Waals surface area contributed by atoms with Crippen LogP contribution in [0.5, 0.6) is 6.01 Å². The Morgan fingerprint density at radius 1 is 1.43 bits per heavy atom. The largest absolute Gasteiger partial charge is 0.466 e. The molecule has 0 aliphatic rings. The van der Waals surface area contributed by atoms with E-state index >= 15 is 0 Å². The van der Waals surface area contributed by atoms with Gasteiger partial charge >= 0.3 is 6.01 Å². The number of thiazole rings is 1. The minimum Gasteiger partial charge on any atom is -0.466 e. The zero-order valence-corrected chi connectivity index (χ0v) is 12.6. The van der Waals surface area contributed by atoms with Gasteiger partial charge in [-0.15, -0.1) is 16.4 Å². The molecule has 0 saturated heterocycles. The lowest BCUT2D eigenvalue weighted by Crippen LogP contribution is -2.15. The molecule has 7 nitrogen and oxygen atoms in total. The second-order valence-corrected chi connectivity index (χ2v) is 6.21. The standard InChI is InChI=1S/C12H11N5O2S2/c1-19-11-15-10(16-17-11)14-9(18)6-20-12-13-7-4-2-3-5-8(7)21-12/h2-5H,6H2,1H3,(H2,14,15,16,17,18). The zero-order valence-electron chi connectivity index (χ0n) is 11.0. The number of benzene rings is 1. The van der Waals surface area contributed by atoms with Gasteiger partial charge in [0, 0.05) is 0 Å². The number of methoxy groups -OCH3 is 1. The quantitative estimate of drug-likeness (QED) is 0.700. The highest BCUT2D eigenvalue weighted by atomic mass is 32.2. The number of anilines is 1. The number of para-hydroxylation sites is 1. The van der Waals surface area contributed by atoms with Gasteiger partial charge in [-0.2, -0.15) is 4.98 Å². The van der Waals surface area contributed by atoms with Crippen molar-refractivity contribution in [1.29, 1.82) is 0 Å². The second kappa shape index (κ2) is 6.10. The Hall–Kier alpha value is -2.13. The van der Waals surface area contributed by atoms with Gasteiger partial charge in [-0.05, 0) is 12.1 Å². The van der Waals surface area contributed by atoms with E-state index in [0.29, 0.717) is 0 Å². The summed E-state index contributed by atoms with van der Waals surface area (Å²) < 4.78 is 6.80. The molecule has 3 rings (SSSR count). The summed E-state index contributed by atoms with van der Waals surface area (Å²) in [7, 11) is 1.46. The third kappa shape index (κ3) is 3.31. The predicted molar refractivity (Wildman–Crippen MR) is 81.9 cm³/mol. The summed E-state index contributed by atoms with van der Waals surface area (Å²) in [5.74, 6) is 0.336. The van der Waals surface area contributed by atoms with E-state index in [0.717, 1.165) is 14.6 Å². The van der Waals surface area contributed by atoms with Gasteiger partial charge < -0.3 is 4.74 Å². The maximum atomic E-state index is 11.8. The van der Waals surface area contributed by atoms with Crippen LogP contribution in [0.2, 0.25) is 0 Å². The number of carbonyl (C=O) groups excluding carboxylic acids is 1. The lowest BCUT2D eigenvalue weighted by molar-refractivity contribution is -0.113. The van der Waals surface area contributed by atoms with Crippen LogP contribution in [0.15, 0.2) is 28.6 Å². The lowest BCUT2D eigenvalue weighted by Gasteiger charge is -1.98. The van der Waals surface area contributed by atoms with Crippen LogP contribution < -0.4 is 10.1 Å². The minimum atomic E-state index is -0.182. The van der Waals surface area contributed by atoms with E-state index < -0.39 is 0 Å². The van der Waals surface area contributed by atoms with Gasteiger partial charge in [-0.25, -0.2) is 10.1 Å². The molecule has 0 fully saturated rings. The molecule has 3 aromatic rings. The first-order valence-corrected chi connectivity index (χ1v) is 7.79. The van der Waals surface area contributed by atoms with Crippen LogP contribution in [0, 0.1) is 0 Å². The molecule has 0 atom stereocenters. The normalized spacial score (nSPS) is 10.7. The Bertz CT molecular complexity index is 737. The number of ether oxygens (including phenoxy) is 1. The average molecular weight is 321 g/mol. The number of fused-ring (bicyclic) bond motifs is 1. The lowest BCUT2D eigenvalue weighted by atomic mass is 10.3. The van der Waals surface area contributed by atoms with Crippen molar-refractivity contribution in [2.45, 2.75) is 4.34 Å². The first kappa shape index (κ1) is 13.8. The summed E-state index contributed by atoms with van der Waals surface area (Å²) in [5.41, 5.74) is 0.949. The summed E-state index contributed by atoms with van der Waals surface area (Å²) in [6, 6.07) is 8.07. The molecule has 108 valence electrons. The van der Waals surface area contributed by atoms with Gasteiger partial charge in [0.05, 0.1) is 23.1 Å². The van der Waals surface area contributed by atoms with E-state index in [-0.39, 0.29) is 23.6 Å². The third-order valence-corrected chi connectivity index (χ3v) is 4.69. The van der Waals surface area contributed by atoms with Crippen LogP contribution in [0.4, 0.5) is 5.95 Å². The summed E-state index contributed by atoms with van der Waals surface area (Å²) in [6.45, 7) is 0. The van der Waals surface area contributed by atoms with E-state index in [9.17, 15) is 4.79 Å². The van der Waals surface area contributed by atoms with E-state index in [4.69, 9.17) is 4.74 Å². The fourth-order valence-corrected chi connectivity index (χ4v) is 3.47. The number of nitrogens with zero attached hydrogens (tertiary/aromatic N) is 3. The van der Waals surface area contributed by atoms with Crippen LogP contribution >= 0.6 is 23.1 Å². The zero-order chi connectivity index (χ0) is 14.7. The number of amides is 1. The van der Waals surface area contributed by atoms with Crippen LogP contribution in [0.25, 0.3) is 10.2 Å². The van der Waals surface area contributed by atoms with Crippen LogP contribution in [-0.2, 0) is 4.79 Å². The number of aromatic amines is 1. The molecule has 0 aliphatic carbocycles. The molecule has 0 radical (unpaired) electrons. The van der Waals surface area contributed by atoms with Crippen molar-refractivity contribution in [2.75, 3.05) is 18.2 Å². The van der Waals surface area contributed by atoms with Crippen molar-refractivity contribution in [3.05, 3.63) is 24.3 Å². The van der Waals surface area contributed by atoms with Crippen molar-refractivity contribution < 1.29 is 9.53 Å². The van der Waals surface area contributed by atoms with Crippen LogP contribution in [0.1, 0.15) is 0 Å². The number of hydrogen-bond donors (Lipinski definition) is 2. The Labute approximate surface area is 128 Å². The fourth-order valence-electron chi connectivity index (χ4n) is 1.60. The number of aromatic nitrogens is 4. The van der Waals surface area contributed by atoms with Gasteiger partial charge in [0.15, 0.2) is 4.34 Å². The average Bonchev–Trinajstić information content (AvgIpc) is 3.10. The highest BCUT2D eigenvalue weighted by Crippen LogP contribution is 2.29. The number of thioether (sulfide) groups is 1. The van der Waals surface area contributed by atoms with Crippen molar-refractivity contribution >= 4 is 45.2 Å². The van der Waals surface area contributed by atoms with Gasteiger partial charge in [0.25, 0.3) is 0 Å². The summed E-state index contributed by atoms with van der Waals surface area (Å²) in [6.07, 6.45) is 0. The third-order valence-electron chi connectivity index (χ3n) is 2.51. The molecule has 0 unspecified atom stereocenters.